The average Bonchev–Trinajstić information content (AvgIpc) is 2.51. The van der Waals surface area contributed by atoms with Crippen LogP contribution in [0.1, 0.15) is 34.7 Å². The zero-order chi connectivity index (χ0) is 16.1. The number of nitrogens with zero attached hydrogens (tertiary/aromatic N) is 2. The van der Waals surface area contributed by atoms with Gasteiger partial charge in [0.1, 0.15) is 0 Å². The van der Waals surface area contributed by atoms with E-state index in [0.717, 1.165) is 18.7 Å². The van der Waals surface area contributed by atoms with E-state index in [0.29, 0.717) is 0 Å². The normalized spacial score (nSPS) is 10.7. The first-order valence-corrected chi connectivity index (χ1v) is 7.90. The van der Waals surface area contributed by atoms with Crippen molar-refractivity contribution >= 4 is 24.4 Å². The van der Waals surface area contributed by atoms with Crippen LogP contribution < -0.4 is 0 Å². The van der Waals surface area contributed by atoms with E-state index in [1.165, 1.54) is 27.8 Å². The van der Waals surface area contributed by atoms with Crippen LogP contribution in [0.15, 0.2) is 41.4 Å². The van der Waals surface area contributed by atoms with Crippen LogP contribution in [0.5, 0.6) is 0 Å². The fourth-order valence-electron chi connectivity index (χ4n) is 2.45. The maximum Gasteiger partial charge on any atom is 0.0909 e. The molecule has 0 aromatic heterocycles. The molecule has 0 heterocycles. The number of hydrogen-bond donors (Lipinski definition) is 0. The van der Waals surface area contributed by atoms with Crippen molar-refractivity contribution in [3.05, 3.63) is 64.2 Å². The van der Waals surface area contributed by atoms with Crippen molar-refractivity contribution in [3.8, 4) is 0 Å². The second-order valence-electron chi connectivity index (χ2n) is 5.99. The van der Waals surface area contributed by atoms with E-state index in [-0.39, 0.29) is 12.4 Å². The van der Waals surface area contributed by atoms with Crippen LogP contribution in [0.25, 0.3) is 0 Å². The van der Waals surface area contributed by atoms with Gasteiger partial charge < -0.3 is 4.90 Å². The third-order valence-corrected chi connectivity index (χ3v) is 4.19. The highest BCUT2D eigenvalue weighted by Gasteiger charge is 2.06. The lowest BCUT2D eigenvalue weighted by Crippen LogP contribution is -2.14. The summed E-state index contributed by atoms with van der Waals surface area (Å²) in [5, 5.41) is 0. The van der Waals surface area contributed by atoms with Gasteiger partial charge in [0.05, 0.1) is 12.0 Å². The van der Waals surface area contributed by atoms with Crippen LogP contribution >= 0.6 is 12.4 Å². The van der Waals surface area contributed by atoms with Crippen LogP contribution in [-0.2, 0) is 6.42 Å². The molecule has 23 heavy (non-hydrogen) atoms. The monoisotopic (exact) mass is 330 g/mol. The molecule has 0 N–H and O–H groups in total. The van der Waals surface area contributed by atoms with E-state index < -0.39 is 0 Å². The molecule has 0 amide bonds. The van der Waals surface area contributed by atoms with Gasteiger partial charge in [0.2, 0.25) is 0 Å². The molecular formula is C20H27ClN2. The summed E-state index contributed by atoms with van der Waals surface area (Å²) in [5.41, 5.74) is 7.73. The van der Waals surface area contributed by atoms with Crippen molar-refractivity contribution in [2.75, 3.05) is 13.6 Å². The average molecular weight is 331 g/mol. The summed E-state index contributed by atoms with van der Waals surface area (Å²) >= 11 is 0. The Bertz CT molecular complexity index is 677. The van der Waals surface area contributed by atoms with Crippen LogP contribution in [0, 0.1) is 20.8 Å². The predicted molar refractivity (Wildman–Crippen MR) is 104 cm³/mol. The molecule has 0 saturated carbocycles. The first-order valence-electron chi connectivity index (χ1n) is 7.90. The van der Waals surface area contributed by atoms with Gasteiger partial charge in [-0.05, 0) is 68.0 Å². The van der Waals surface area contributed by atoms with Gasteiger partial charge in [0, 0.05) is 13.6 Å². The number of halogens is 1. The predicted octanol–water partition coefficient (Wildman–Crippen LogP) is 5.24. The molecule has 0 radical (unpaired) electrons. The van der Waals surface area contributed by atoms with Crippen molar-refractivity contribution in [1.82, 2.24) is 4.90 Å². The Balaban J connectivity index is 0.00000264. The molecule has 3 heteroatoms. The largest absolute Gasteiger partial charge is 0.366 e. The van der Waals surface area contributed by atoms with Crippen molar-refractivity contribution in [2.45, 2.75) is 34.1 Å². The molecular weight excluding hydrogens is 304 g/mol. The number of hydrogen-bond acceptors (Lipinski definition) is 1. The third-order valence-electron chi connectivity index (χ3n) is 4.19. The molecule has 0 fully saturated rings. The van der Waals surface area contributed by atoms with E-state index in [2.05, 4.69) is 74.0 Å². The summed E-state index contributed by atoms with van der Waals surface area (Å²) in [6.45, 7) is 9.58. The van der Waals surface area contributed by atoms with Crippen molar-refractivity contribution in [1.29, 1.82) is 0 Å². The van der Waals surface area contributed by atoms with Gasteiger partial charge in [-0.1, -0.05) is 30.3 Å². The molecule has 2 aromatic rings. The minimum Gasteiger partial charge on any atom is -0.366 e. The fourth-order valence-corrected chi connectivity index (χ4v) is 2.45. The Morgan fingerprint density at radius 1 is 0.957 bits per heavy atom. The molecule has 2 nitrogen and oxygen atoms in total. The molecule has 0 aliphatic heterocycles. The third kappa shape index (κ3) is 5.11. The van der Waals surface area contributed by atoms with Gasteiger partial charge in [-0.2, -0.15) is 0 Å². The molecule has 0 spiro atoms. The van der Waals surface area contributed by atoms with E-state index in [9.17, 15) is 0 Å². The topological polar surface area (TPSA) is 15.6 Å². The van der Waals surface area contributed by atoms with E-state index in [4.69, 9.17) is 0 Å². The first-order chi connectivity index (χ1) is 10.5. The quantitative estimate of drug-likeness (QED) is 0.541. The highest BCUT2D eigenvalue weighted by molar-refractivity contribution is 5.85. The molecule has 0 atom stereocenters. The van der Waals surface area contributed by atoms with Gasteiger partial charge in [-0.25, -0.2) is 4.99 Å². The first kappa shape index (κ1) is 19.2. The van der Waals surface area contributed by atoms with Gasteiger partial charge in [0.25, 0.3) is 0 Å². The van der Waals surface area contributed by atoms with Gasteiger partial charge in [0.15, 0.2) is 0 Å². The zero-order valence-electron chi connectivity index (χ0n) is 14.8. The van der Waals surface area contributed by atoms with Crippen LogP contribution in [0.4, 0.5) is 5.69 Å². The van der Waals surface area contributed by atoms with Gasteiger partial charge >= 0.3 is 0 Å². The standard InChI is InChI=1S/C20H26N2.ClH/c1-6-22(5)14-21-20-12-16(3)19(11-17(20)4)13-18-10-8-7-9-15(18)2;/h7-12,14H,6,13H2,1-5H3;1H. The number of aliphatic imine (C=N–C) groups is 1. The van der Waals surface area contributed by atoms with E-state index in [1.54, 1.807) is 0 Å². The lowest BCUT2D eigenvalue weighted by atomic mass is 9.95. The summed E-state index contributed by atoms with van der Waals surface area (Å²) in [4.78, 5) is 6.68. The summed E-state index contributed by atoms with van der Waals surface area (Å²) < 4.78 is 0. The second kappa shape index (κ2) is 8.73. The van der Waals surface area contributed by atoms with Crippen molar-refractivity contribution in [3.63, 3.8) is 0 Å². The Morgan fingerprint density at radius 2 is 1.65 bits per heavy atom. The summed E-state index contributed by atoms with van der Waals surface area (Å²) in [7, 11) is 2.04. The summed E-state index contributed by atoms with van der Waals surface area (Å²) in [6.07, 6.45) is 2.89. The Morgan fingerprint density at radius 3 is 2.30 bits per heavy atom. The number of aryl methyl sites for hydroxylation is 3. The van der Waals surface area contributed by atoms with Crippen LogP contribution in [-0.4, -0.2) is 24.8 Å². The van der Waals surface area contributed by atoms with E-state index >= 15 is 0 Å². The maximum atomic E-state index is 4.60. The lowest BCUT2D eigenvalue weighted by Gasteiger charge is -2.13. The minimum atomic E-state index is 0. The zero-order valence-corrected chi connectivity index (χ0v) is 15.6. The smallest absolute Gasteiger partial charge is 0.0909 e. The van der Waals surface area contributed by atoms with Gasteiger partial charge in [-0.15, -0.1) is 12.4 Å². The Hall–Kier alpha value is -1.80. The molecule has 0 saturated heterocycles. The molecule has 0 aliphatic rings. The molecule has 124 valence electrons. The maximum absolute atomic E-state index is 4.60. The van der Waals surface area contributed by atoms with Gasteiger partial charge in [-0.3, -0.25) is 0 Å². The number of benzene rings is 2. The fraction of sp³-hybridized carbons (Fsp3) is 0.350. The Kier molecular flexibility index (Phi) is 7.31. The minimum absolute atomic E-state index is 0. The Labute approximate surface area is 146 Å². The molecule has 2 aromatic carbocycles. The molecule has 0 unspecified atom stereocenters. The van der Waals surface area contributed by atoms with Crippen molar-refractivity contribution < 1.29 is 0 Å². The molecule has 2 rings (SSSR count). The van der Waals surface area contributed by atoms with E-state index in [1.807, 2.05) is 13.4 Å². The van der Waals surface area contributed by atoms with Crippen LogP contribution in [0.3, 0.4) is 0 Å². The summed E-state index contributed by atoms with van der Waals surface area (Å²) in [6, 6.07) is 13.1. The molecule has 0 bridgehead atoms. The second-order valence-corrected chi connectivity index (χ2v) is 5.99. The highest BCUT2D eigenvalue weighted by Crippen LogP contribution is 2.25. The SMILES string of the molecule is CCN(C)C=Nc1cc(C)c(Cc2ccccc2C)cc1C.Cl. The van der Waals surface area contributed by atoms with Crippen LogP contribution in [0.2, 0.25) is 0 Å². The highest BCUT2D eigenvalue weighted by atomic mass is 35.5. The summed E-state index contributed by atoms with van der Waals surface area (Å²) in [5.74, 6) is 0. The number of rotatable bonds is 5. The lowest BCUT2D eigenvalue weighted by molar-refractivity contribution is 0.552. The van der Waals surface area contributed by atoms with Crippen molar-refractivity contribution in [2.24, 2.45) is 4.99 Å². The molecule has 0 aliphatic carbocycles.